The van der Waals surface area contributed by atoms with E-state index in [1.54, 1.807) is 6.20 Å². The molecule has 1 aliphatic carbocycles. The number of allylic oxidation sites excluding steroid dienone is 2. The highest BCUT2D eigenvalue weighted by Gasteiger charge is 2.43. The number of nitrogens with one attached hydrogen (secondary N) is 1. The summed E-state index contributed by atoms with van der Waals surface area (Å²) < 4.78 is 13.8. The molecule has 28 heavy (non-hydrogen) atoms. The lowest BCUT2D eigenvalue weighted by molar-refractivity contribution is -0.125. The van der Waals surface area contributed by atoms with Crippen molar-refractivity contribution < 1.29 is 9.47 Å². The third-order valence-corrected chi connectivity index (χ3v) is 4.90. The lowest BCUT2D eigenvalue weighted by Gasteiger charge is -2.17. The van der Waals surface area contributed by atoms with Crippen LogP contribution in [-0.4, -0.2) is 31.5 Å². The molecule has 2 aromatic heterocycles. The summed E-state index contributed by atoms with van der Waals surface area (Å²) in [6.07, 6.45) is 7.19. The van der Waals surface area contributed by atoms with Crippen LogP contribution >= 0.6 is 11.6 Å². The summed E-state index contributed by atoms with van der Waals surface area (Å²) >= 11 is 6.06. The zero-order valence-corrected chi connectivity index (χ0v) is 16.1. The maximum absolute atomic E-state index is 6.06. The molecular formula is C20H18ClN5O2. The van der Waals surface area contributed by atoms with Crippen LogP contribution in [0.4, 0.5) is 5.82 Å². The van der Waals surface area contributed by atoms with Crippen molar-refractivity contribution in [2.75, 3.05) is 5.32 Å². The number of benzene rings is 1. The monoisotopic (exact) mass is 395 g/mol. The normalized spacial score (nSPS) is 19.9. The fourth-order valence-electron chi connectivity index (χ4n) is 3.47. The quantitative estimate of drug-likeness (QED) is 0.723. The molecule has 3 aromatic rings. The number of nitrogens with zero attached hydrogens (tertiary/aromatic N) is 4. The summed E-state index contributed by atoms with van der Waals surface area (Å²) in [6.45, 7) is 4.37. The van der Waals surface area contributed by atoms with E-state index in [0.29, 0.717) is 28.9 Å². The molecule has 1 atom stereocenters. The molecule has 0 amide bonds. The average Bonchev–Trinajstić information content (AvgIpc) is 3.31. The predicted octanol–water partition coefficient (Wildman–Crippen LogP) is 3.82. The van der Waals surface area contributed by atoms with E-state index in [1.807, 2.05) is 60.9 Å². The van der Waals surface area contributed by atoms with Crippen LogP contribution in [0.25, 0.3) is 11.2 Å². The van der Waals surface area contributed by atoms with E-state index >= 15 is 0 Å². The maximum atomic E-state index is 6.06. The largest absolute Gasteiger partial charge is 0.464 e. The van der Waals surface area contributed by atoms with Crippen LogP contribution in [0.1, 0.15) is 25.2 Å². The van der Waals surface area contributed by atoms with Crippen LogP contribution in [-0.2, 0) is 16.0 Å². The second-order valence-electron chi connectivity index (χ2n) is 7.17. The summed E-state index contributed by atoms with van der Waals surface area (Å²) in [4.78, 5) is 4.42. The highest BCUT2D eigenvalue weighted by Crippen LogP contribution is 2.41. The number of hydrogen-bond acceptors (Lipinski definition) is 6. The fourth-order valence-corrected chi connectivity index (χ4v) is 3.69. The molecule has 0 spiro atoms. The molecule has 1 saturated heterocycles. The number of halogens is 1. The van der Waals surface area contributed by atoms with Gasteiger partial charge in [0.1, 0.15) is 11.9 Å². The minimum Gasteiger partial charge on any atom is -0.464 e. The Morgan fingerprint density at radius 3 is 3.00 bits per heavy atom. The maximum Gasteiger partial charge on any atom is 0.205 e. The van der Waals surface area contributed by atoms with Crippen molar-refractivity contribution in [3.05, 3.63) is 71.0 Å². The summed E-state index contributed by atoms with van der Waals surface area (Å²) in [6, 6.07) is 7.69. The molecule has 142 valence electrons. The van der Waals surface area contributed by atoms with Gasteiger partial charge in [-0.3, -0.25) is 4.40 Å². The first kappa shape index (κ1) is 17.2. The van der Waals surface area contributed by atoms with Crippen LogP contribution in [0.15, 0.2) is 54.6 Å². The van der Waals surface area contributed by atoms with Gasteiger partial charge in [0.15, 0.2) is 11.6 Å². The summed E-state index contributed by atoms with van der Waals surface area (Å²) in [5.74, 6) is 1.50. The fraction of sp³-hybridized carbons (Fsp3) is 0.250. The van der Waals surface area contributed by atoms with Crippen molar-refractivity contribution in [1.82, 2.24) is 19.6 Å². The van der Waals surface area contributed by atoms with Gasteiger partial charge in [0.25, 0.3) is 0 Å². The van der Waals surface area contributed by atoms with Crippen molar-refractivity contribution in [2.24, 2.45) is 0 Å². The number of anilines is 1. The summed E-state index contributed by atoms with van der Waals surface area (Å²) in [5.41, 5.74) is 2.62. The van der Waals surface area contributed by atoms with Crippen molar-refractivity contribution in [3.8, 4) is 0 Å². The molecule has 1 aliphatic heterocycles. The van der Waals surface area contributed by atoms with E-state index < -0.39 is 5.79 Å². The van der Waals surface area contributed by atoms with Gasteiger partial charge in [0.2, 0.25) is 11.4 Å². The molecule has 5 rings (SSSR count). The number of aromatic nitrogens is 4. The standard InChI is InChI=1S/C20H18ClN5O2/c1-20(2)27-15-7-6-14(16(15)28-20)18-24-25-19-17(22-8-9-26(18)19)23-11-12-4-3-5-13(21)10-12/h3-10,16H,11H2,1-2H3,(H,22,23)/t16-/m0/s1. The molecular weight excluding hydrogens is 378 g/mol. The highest BCUT2D eigenvalue weighted by atomic mass is 35.5. The second-order valence-corrected chi connectivity index (χ2v) is 7.60. The molecule has 1 aromatic carbocycles. The molecule has 0 unspecified atom stereocenters. The zero-order valence-electron chi connectivity index (χ0n) is 15.4. The Kier molecular flexibility index (Phi) is 3.89. The molecule has 1 fully saturated rings. The number of ether oxygens (including phenoxy) is 2. The van der Waals surface area contributed by atoms with Crippen LogP contribution in [0, 0.1) is 0 Å². The lowest BCUT2D eigenvalue weighted by atomic mass is 10.1. The Morgan fingerprint density at radius 1 is 1.25 bits per heavy atom. The number of hydrogen-bond donors (Lipinski definition) is 1. The molecule has 0 radical (unpaired) electrons. The predicted molar refractivity (Wildman–Crippen MR) is 106 cm³/mol. The Bertz CT molecular complexity index is 1130. The number of fused-ring (bicyclic) bond motifs is 2. The first-order chi connectivity index (χ1) is 13.5. The molecule has 2 aliphatic rings. The van der Waals surface area contributed by atoms with E-state index in [1.165, 1.54) is 0 Å². The minimum absolute atomic E-state index is 0.265. The smallest absolute Gasteiger partial charge is 0.205 e. The van der Waals surface area contributed by atoms with E-state index in [-0.39, 0.29) is 6.10 Å². The van der Waals surface area contributed by atoms with Crippen LogP contribution in [0.2, 0.25) is 5.02 Å². The first-order valence-electron chi connectivity index (χ1n) is 8.97. The van der Waals surface area contributed by atoms with Crippen molar-refractivity contribution in [1.29, 1.82) is 0 Å². The highest BCUT2D eigenvalue weighted by molar-refractivity contribution is 6.30. The molecule has 8 heteroatoms. The van der Waals surface area contributed by atoms with Crippen LogP contribution in [0.3, 0.4) is 0 Å². The minimum atomic E-state index is -0.651. The Morgan fingerprint density at radius 2 is 2.14 bits per heavy atom. The molecule has 7 nitrogen and oxygen atoms in total. The van der Waals surface area contributed by atoms with Crippen LogP contribution in [0.5, 0.6) is 0 Å². The van der Waals surface area contributed by atoms with Gasteiger partial charge in [-0.2, -0.15) is 0 Å². The van der Waals surface area contributed by atoms with Crippen molar-refractivity contribution in [2.45, 2.75) is 32.3 Å². The van der Waals surface area contributed by atoms with Gasteiger partial charge in [0, 0.05) is 43.4 Å². The van der Waals surface area contributed by atoms with Gasteiger partial charge < -0.3 is 14.8 Å². The lowest BCUT2D eigenvalue weighted by Crippen LogP contribution is -2.22. The van der Waals surface area contributed by atoms with E-state index in [4.69, 9.17) is 21.1 Å². The third-order valence-electron chi connectivity index (χ3n) is 4.67. The average molecular weight is 396 g/mol. The summed E-state index contributed by atoms with van der Waals surface area (Å²) in [5, 5.41) is 12.8. The van der Waals surface area contributed by atoms with Gasteiger partial charge in [-0.05, 0) is 29.8 Å². The Labute approximate surface area is 166 Å². The number of rotatable bonds is 4. The van der Waals surface area contributed by atoms with Crippen molar-refractivity contribution >= 4 is 28.6 Å². The van der Waals surface area contributed by atoms with Gasteiger partial charge in [-0.1, -0.05) is 23.7 Å². The van der Waals surface area contributed by atoms with Gasteiger partial charge in [-0.25, -0.2) is 4.98 Å². The molecule has 1 N–H and O–H groups in total. The topological polar surface area (TPSA) is 73.6 Å². The molecule has 0 bridgehead atoms. The van der Waals surface area contributed by atoms with E-state index in [0.717, 1.165) is 16.9 Å². The van der Waals surface area contributed by atoms with E-state index in [9.17, 15) is 0 Å². The zero-order chi connectivity index (χ0) is 19.3. The Balaban J connectivity index is 1.43. The Hall–Kier alpha value is -2.90. The van der Waals surface area contributed by atoms with Gasteiger partial charge in [0.05, 0.1) is 0 Å². The van der Waals surface area contributed by atoms with Crippen LogP contribution < -0.4 is 5.32 Å². The van der Waals surface area contributed by atoms with Crippen molar-refractivity contribution in [3.63, 3.8) is 0 Å². The van der Waals surface area contributed by atoms with Gasteiger partial charge in [-0.15, -0.1) is 10.2 Å². The third kappa shape index (κ3) is 2.93. The second kappa shape index (κ2) is 6.32. The summed E-state index contributed by atoms with van der Waals surface area (Å²) in [7, 11) is 0. The SMILES string of the molecule is CC1(C)OC2=CC=C(c3nnc4c(NCc5cccc(Cl)c5)nccn34)[C@@H]2O1. The first-order valence-corrected chi connectivity index (χ1v) is 9.35. The molecule has 3 heterocycles. The molecule has 0 saturated carbocycles. The van der Waals surface area contributed by atoms with E-state index in [2.05, 4.69) is 20.5 Å². The van der Waals surface area contributed by atoms with Gasteiger partial charge >= 0.3 is 0 Å².